The van der Waals surface area contributed by atoms with Gasteiger partial charge < -0.3 is 9.47 Å². The second-order valence-electron chi connectivity index (χ2n) is 6.19. The Kier molecular flexibility index (Phi) is 7.37. The maximum absolute atomic E-state index is 12.8. The average Bonchev–Trinajstić information content (AvgIpc) is 2.52. The predicted octanol–water partition coefficient (Wildman–Crippen LogP) is 4.19. The number of alkyl halides is 5. The highest BCUT2D eigenvalue weighted by atomic mass is 19.4. The molecule has 25 heavy (non-hydrogen) atoms. The van der Waals surface area contributed by atoms with Crippen LogP contribution in [0.5, 0.6) is 0 Å². The smallest absolute Gasteiger partial charge is 0.456 e. The summed E-state index contributed by atoms with van der Waals surface area (Å²) < 4.78 is 71.1. The first-order chi connectivity index (χ1) is 11.4. The molecule has 0 bridgehead atoms. The third-order valence-electron chi connectivity index (χ3n) is 3.98. The standard InChI is InChI=1S/C16H21F5O4/c1-10(2)14(23)25-12(11-6-4-3-5-7-11)8-13(22)24-9-15(17,18)16(19,20)21/h11-12H,1,3-9H2,2H3. The van der Waals surface area contributed by atoms with Crippen LogP contribution >= 0.6 is 0 Å². The van der Waals surface area contributed by atoms with Crippen LogP contribution < -0.4 is 0 Å². The van der Waals surface area contributed by atoms with Gasteiger partial charge in [-0.2, -0.15) is 22.0 Å². The summed E-state index contributed by atoms with van der Waals surface area (Å²) >= 11 is 0. The summed E-state index contributed by atoms with van der Waals surface area (Å²) in [5.41, 5.74) is 0.0952. The molecule has 4 nitrogen and oxygen atoms in total. The fourth-order valence-electron chi connectivity index (χ4n) is 2.52. The van der Waals surface area contributed by atoms with E-state index in [1.165, 1.54) is 6.92 Å². The van der Waals surface area contributed by atoms with Gasteiger partial charge in [0, 0.05) is 5.57 Å². The van der Waals surface area contributed by atoms with Gasteiger partial charge in [0.1, 0.15) is 6.10 Å². The van der Waals surface area contributed by atoms with Crippen molar-refractivity contribution in [2.24, 2.45) is 5.92 Å². The SMILES string of the molecule is C=C(C)C(=O)OC(CC(=O)OCC(F)(F)C(F)(F)F)C1CCCCC1. The topological polar surface area (TPSA) is 52.6 Å². The fraction of sp³-hybridized carbons (Fsp3) is 0.750. The largest absolute Gasteiger partial charge is 0.459 e. The number of carbonyl (C=O) groups is 2. The normalized spacial score (nSPS) is 17.7. The fourth-order valence-corrected chi connectivity index (χ4v) is 2.52. The van der Waals surface area contributed by atoms with E-state index in [-0.39, 0.29) is 11.5 Å². The minimum atomic E-state index is -5.80. The molecule has 1 unspecified atom stereocenters. The van der Waals surface area contributed by atoms with Crippen LogP contribution in [0.4, 0.5) is 22.0 Å². The maximum atomic E-state index is 12.8. The Balaban J connectivity index is 2.67. The molecule has 0 heterocycles. The van der Waals surface area contributed by atoms with Crippen LogP contribution in [0.15, 0.2) is 12.2 Å². The highest BCUT2D eigenvalue weighted by molar-refractivity contribution is 5.87. The number of ether oxygens (including phenoxy) is 2. The van der Waals surface area contributed by atoms with Crippen LogP contribution in [-0.4, -0.2) is 36.7 Å². The van der Waals surface area contributed by atoms with Gasteiger partial charge in [0.15, 0.2) is 6.61 Å². The van der Waals surface area contributed by atoms with Gasteiger partial charge in [-0.25, -0.2) is 4.79 Å². The number of hydrogen-bond donors (Lipinski definition) is 0. The summed E-state index contributed by atoms with van der Waals surface area (Å²) in [5.74, 6) is -7.32. The molecule has 0 amide bonds. The van der Waals surface area contributed by atoms with E-state index < -0.39 is 43.2 Å². The number of hydrogen-bond acceptors (Lipinski definition) is 4. The molecule has 1 fully saturated rings. The zero-order valence-corrected chi connectivity index (χ0v) is 13.8. The molecule has 0 spiro atoms. The Bertz CT molecular complexity index is 495. The van der Waals surface area contributed by atoms with Gasteiger partial charge >= 0.3 is 24.0 Å². The highest BCUT2D eigenvalue weighted by Gasteiger charge is 2.58. The van der Waals surface area contributed by atoms with E-state index in [2.05, 4.69) is 11.3 Å². The van der Waals surface area contributed by atoms with Crippen molar-refractivity contribution in [2.75, 3.05) is 6.61 Å². The van der Waals surface area contributed by atoms with E-state index >= 15 is 0 Å². The monoisotopic (exact) mass is 372 g/mol. The van der Waals surface area contributed by atoms with Crippen molar-refractivity contribution >= 4 is 11.9 Å². The van der Waals surface area contributed by atoms with Crippen molar-refractivity contribution in [3.8, 4) is 0 Å². The highest BCUT2D eigenvalue weighted by Crippen LogP contribution is 2.36. The first-order valence-electron chi connectivity index (χ1n) is 7.90. The van der Waals surface area contributed by atoms with E-state index in [4.69, 9.17) is 4.74 Å². The second kappa shape index (κ2) is 8.62. The molecule has 0 aromatic heterocycles. The first kappa shape index (κ1) is 21.4. The molecular weight excluding hydrogens is 351 g/mol. The van der Waals surface area contributed by atoms with Gasteiger partial charge in [0.25, 0.3) is 0 Å². The van der Waals surface area contributed by atoms with Crippen LogP contribution in [0.25, 0.3) is 0 Å². The summed E-state index contributed by atoms with van der Waals surface area (Å²) in [5, 5.41) is 0. The van der Waals surface area contributed by atoms with Crippen molar-refractivity contribution in [3.05, 3.63) is 12.2 Å². The molecule has 0 aromatic rings. The number of rotatable bonds is 7. The predicted molar refractivity (Wildman–Crippen MR) is 77.8 cm³/mol. The molecule has 9 heteroatoms. The van der Waals surface area contributed by atoms with E-state index in [9.17, 15) is 31.5 Å². The van der Waals surface area contributed by atoms with Gasteiger partial charge in [0.2, 0.25) is 0 Å². The zero-order chi connectivity index (χ0) is 19.3. The molecule has 1 aliphatic carbocycles. The van der Waals surface area contributed by atoms with Crippen LogP contribution in [0.3, 0.4) is 0 Å². The van der Waals surface area contributed by atoms with Gasteiger partial charge in [-0.1, -0.05) is 25.8 Å². The van der Waals surface area contributed by atoms with Gasteiger partial charge in [-0.15, -0.1) is 0 Å². The summed E-state index contributed by atoms with van der Waals surface area (Å²) in [6.45, 7) is 2.72. The van der Waals surface area contributed by atoms with E-state index in [1.54, 1.807) is 0 Å². The number of esters is 2. The molecular formula is C16H21F5O4. The maximum Gasteiger partial charge on any atom is 0.456 e. The molecule has 1 aliphatic rings. The molecule has 0 aromatic carbocycles. The summed E-state index contributed by atoms with van der Waals surface area (Å²) in [4.78, 5) is 23.4. The summed E-state index contributed by atoms with van der Waals surface area (Å²) in [6, 6.07) is 0. The average molecular weight is 372 g/mol. The Labute approximate surface area is 142 Å². The van der Waals surface area contributed by atoms with E-state index in [0.717, 1.165) is 19.3 Å². The molecule has 0 aliphatic heterocycles. The lowest BCUT2D eigenvalue weighted by Gasteiger charge is -2.29. The van der Waals surface area contributed by atoms with Crippen molar-refractivity contribution in [1.29, 1.82) is 0 Å². The molecule has 0 radical (unpaired) electrons. The minimum absolute atomic E-state index is 0.0952. The van der Waals surface area contributed by atoms with Crippen molar-refractivity contribution in [1.82, 2.24) is 0 Å². The van der Waals surface area contributed by atoms with Crippen molar-refractivity contribution in [2.45, 2.75) is 63.7 Å². The molecule has 1 rings (SSSR count). The van der Waals surface area contributed by atoms with Crippen LogP contribution in [0.2, 0.25) is 0 Å². The Morgan fingerprint density at radius 1 is 1.12 bits per heavy atom. The van der Waals surface area contributed by atoms with E-state index in [0.29, 0.717) is 12.8 Å². The molecule has 1 atom stereocenters. The first-order valence-corrected chi connectivity index (χ1v) is 7.90. The Hall–Kier alpha value is -1.67. The molecule has 1 saturated carbocycles. The van der Waals surface area contributed by atoms with Crippen LogP contribution in [0, 0.1) is 5.92 Å². The lowest BCUT2D eigenvalue weighted by molar-refractivity contribution is -0.294. The summed E-state index contributed by atoms with van der Waals surface area (Å²) in [6.07, 6.45) is -3.28. The third-order valence-corrected chi connectivity index (χ3v) is 3.98. The van der Waals surface area contributed by atoms with Crippen molar-refractivity contribution < 1.29 is 41.0 Å². The van der Waals surface area contributed by atoms with Gasteiger partial charge in [-0.05, 0) is 25.7 Å². The molecule has 144 valence electrons. The quantitative estimate of drug-likeness (QED) is 0.382. The molecule has 0 N–H and O–H groups in total. The van der Waals surface area contributed by atoms with Gasteiger partial charge in [-0.3, -0.25) is 4.79 Å². The lowest BCUT2D eigenvalue weighted by atomic mass is 9.84. The second-order valence-corrected chi connectivity index (χ2v) is 6.19. The van der Waals surface area contributed by atoms with E-state index in [1.807, 2.05) is 0 Å². The zero-order valence-electron chi connectivity index (χ0n) is 13.8. The van der Waals surface area contributed by atoms with Gasteiger partial charge in [0.05, 0.1) is 6.42 Å². The van der Waals surface area contributed by atoms with Crippen molar-refractivity contribution in [3.63, 3.8) is 0 Å². The minimum Gasteiger partial charge on any atom is -0.459 e. The number of halogens is 5. The molecule has 0 saturated heterocycles. The van der Waals surface area contributed by atoms with Crippen LogP contribution in [-0.2, 0) is 19.1 Å². The lowest BCUT2D eigenvalue weighted by Crippen LogP contribution is -2.42. The Morgan fingerprint density at radius 3 is 2.16 bits per heavy atom. The third kappa shape index (κ3) is 6.62. The summed E-state index contributed by atoms with van der Waals surface area (Å²) in [7, 11) is 0. The number of carbonyl (C=O) groups excluding carboxylic acids is 2. The Morgan fingerprint density at radius 2 is 1.68 bits per heavy atom. The van der Waals surface area contributed by atoms with Crippen LogP contribution in [0.1, 0.15) is 45.4 Å².